The molecule has 0 saturated carbocycles. The summed E-state index contributed by atoms with van der Waals surface area (Å²) in [5.74, 6) is 0.596. The van der Waals surface area contributed by atoms with Crippen LogP contribution in [0.1, 0.15) is 17.4 Å². The van der Waals surface area contributed by atoms with Crippen molar-refractivity contribution in [1.82, 2.24) is 15.6 Å². The van der Waals surface area contributed by atoms with E-state index >= 15 is 0 Å². The van der Waals surface area contributed by atoms with Gasteiger partial charge >= 0.3 is 0 Å². The lowest BCUT2D eigenvalue weighted by atomic mass is 10.1. The van der Waals surface area contributed by atoms with Crippen LogP contribution in [0.2, 0.25) is 0 Å². The maximum atomic E-state index is 13.4. The SMILES string of the molecule is CCNC(=NCc1cccs1)NCCc1c[nH]c2ccc(F)cc12. The number of thiophene rings is 1. The first-order valence-electron chi connectivity index (χ1n) is 8.06. The second-order valence-corrected chi connectivity index (χ2v) is 6.49. The van der Waals surface area contributed by atoms with Crippen molar-refractivity contribution in [3.05, 3.63) is 58.2 Å². The smallest absolute Gasteiger partial charge is 0.191 e. The van der Waals surface area contributed by atoms with Crippen molar-refractivity contribution in [1.29, 1.82) is 0 Å². The lowest BCUT2D eigenvalue weighted by Crippen LogP contribution is -2.38. The number of fused-ring (bicyclic) bond motifs is 1. The molecule has 6 heteroatoms. The van der Waals surface area contributed by atoms with E-state index in [1.54, 1.807) is 23.5 Å². The molecule has 4 nitrogen and oxygen atoms in total. The first kappa shape index (κ1) is 16.5. The van der Waals surface area contributed by atoms with E-state index < -0.39 is 0 Å². The Morgan fingerprint density at radius 3 is 3.00 bits per heavy atom. The van der Waals surface area contributed by atoms with Gasteiger partial charge < -0.3 is 15.6 Å². The Hall–Kier alpha value is -2.34. The van der Waals surface area contributed by atoms with Gasteiger partial charge in [0.25, 0.3) is 0 Å². The van der Waals surface area contributed by atoms with Gasteiger partial charge in [0.15, 0.2) is 5.96 Å². The third kappa shape index (κ3) is 4.14. The van der Waals surface area contributed by atoms with E-state index in [0.29, 0.717) is 6.54 Å². The van der Waals surface area contributed by atoms with Gasteiger partial charge in [0.05, 0.1) is 6.54 Å². The minimum absolute atomic E-state index is 0.206. The predicted molar refractivity (Wildman–Crippen MR) is 99.1 cm³/mol. The summed E-state index contributed by atoms with van der Waals surface area (Å²) in [6.45, 7) is 4.27. The van der Waals surface area contributed by atoms with Crippen molar-refractivity contribution in [3.8, 4) is 0 Å². The van der Waals surface area contributed by atoms with Crippen LogP contribution >= 0.6 is 11.3 Å². The fourth-order valence-corrected chi connectivity index (χ4v) is 3.20. The quantitative estimate of drug-likeness (QED) is 0.472. The molecule has 0 amide bonds. The topological polar surface area (TPSA) is 52.2 Å². The minimum atomic E-state index is -0.206. The highest BCUT2D eigenvalue weighted by atomic mass is 32.1. The summed E-state index contributed by atoms with van der Waals surface area (Å²) in [5.41, 5.74) is 2.07. The van der Waals surface area contributed by atoms with Gasteiger partial charge in [-0.3, -0.25) is 0 Å². The average molecular weight is 344 g/mol. The molecule has 3 N–H and O–H groups in total. The Bertz CT molecular complexity index is 808. The minimum Gasteiger partial charge on any atom is -0.361 e. The maximum Gasteiger partial charge on any atom is 0.191 e. The number of H-pyrrole nitrogens is 1. The predicted octanol–water partition coefficient (Wildman–Crippen LogP) is 3.67. The van der Waals surface area contributed by atoms with Crippen molar-refractivity contribution < 1.29 is 4.39 Å². The van der Waals surface area contributed by atoms with Gasteiger partial charge in [0.2, 0.25) is 0 Å². The van der Waals surface area contributed by atoms with Crippen LogP contribution in [0.3, 0.4) is 0 Å². The number of hydrogen-bond acceptors (Lipinski definition) is 2. The summed E-state index contributed by atoms with van der Waals surface area (Å²) in [6.07, 6.45) is 2.74. The van der Waals surface area contributed by atoms with Crippen molar-refractivity contribution in [3.63, 3.8) is 0 Å². The standard InChI is InChI=1S/C18H21FN4S/c1-2-20-18(23-12-15-4-3-9-24-15)21-8-7-13-11-22-17-6-5-14(19)10-16(13)17/h3-6,9-11,22H,2,7-8,12H2,1H3,(H2,20,21,23). The molecule has 0 atom stereocenters. The van der Waals surface area contributed by atoms with Crippen LogP contribution in [-0.4, -0.2) is 24.0 Å². The number of rotatable bonds is 6. The molecule has 0 aliphatic rings. The molecule has 3 aromatic rings. The van der Waals surface area contributed by atoms with Crippen molar-refractivity contribution in [2.24, 2.45) is 4.99 Å². The van der Waals surface area contributed by atoms with E-state index in [1.165, 1.54) is 10.9 Å². The first-order chi connectivity index (χ1) is 11.8. The Labute approximate surface area is 144 Å². The number of aromatic amines is 1. The number of aliphatic imine (C=N–C) groups is 1. The number of benzene rings is 1. The van der Waals surface area contributed by atoms with Gasteiger partial charge in [-0.05, 0) is 48.6 Å². The molecular weight excluding hydrogens is 323 g/mol. The van der Waals surface area contributed by atoms with Crippen LogP contribution in [0.4, 0.5) is 4.39 Å². The average Bonchev–Trinajstić information content (AvgIpc) is 3.22. The van der Waals surface area contributed by atoms with E-state index in [2.05, 4.69) is 32.1 Å². The highest BCUT2D eigenvalue weighted by molar-refractivity contribution is 7.09. The highest BCUT2D eigenvalue weighted by Crippen LogP contribution is 2.19. The summed E-state index contributed by atoms with van der Waals surface area (Å²) >= 11 is 1.71. The van der Waals surface area contributed by atoms with E-state index in [1.807, 2.05) is 19.2 Å². The van der Waals surface area contributed by atoms with Crippen LogP contribution in [0.25, 0.3) is 10.9 Å². The monoisotopic (exact) mass is 344 g/mol. The number of aromatic nitrogens is 1. The Kier molecular flexibility index (Phi) is 5.48. The second kappa shape index (κ2) is 7.97. The number of hydrogen-bond donors (Lipinski definition) is 3. The van der Waals surface area contributed by atoms with E-state index in [0.717, 1.165) is 41.9 Å². The molecule has 0 unspecified atom stereocenters. The number of halogens is 1. The zero-order valence-corrected chi connectivity index (χ0v) is 14.4. The molecule has 24 heavy (non-hydrogen) atoms. The van der Waals surface area contributed by atoms with Gasteiger partial charge in [-0.2, -0.15) is 0 Å². The van der Waals surface area contributed by atoms with Crippen molar-refractivity contribution in [2.45, 2.75) is 19.9 Å². The lowest BCUT2D eigenvalue weighted by Gasteiger charge is -2.10. The molecule has 3 rings (SSSR count). The molecule has 2 aromatic heterocycles. The molecule has 126 valence electrons. The molecule has 1 aromatic carbocycles. The molecule has 0 fully saturated rings. The van der Waals surface area contributed by atoms with E-state index in [4.69, 9.17) is 0 Å². The van der Waals surface area contributed by atoms with E-state index in [9.17, 15) is 4.39 Å². The fraction of sp³-hybridized carbons (Fsp3) is 0.278. The summed E-state index contributed by atoms with van der Waals surface area (Å²) < 4.78 is 13.4. The molecular formula is C18H21FN4S. The molecule has 2 heterocycles. The van der Waals surface area contributed by atoms with Gasteiger partial charge in [-0.25, -0.2) is 9.38 Å². The summed E-state index contributed by atoms with van der Waals surface area (Å²) in [5, 5.41) is 9.58. The normalized spacial score (nSPS) is 11.8. The van der Waals surface area contributed by atoms with Gasteiger partial charge in [-0.15, -0.1) is 11.3 Å². The van der Waals surface area contributed by atoms with Crippen molar-refractivity contribution >= 4 is 28.2 Å². The lowest BCUT2D eigenvalue weighted by molar-refractivity contribution is 0.629. The Morgan fingerprint density at radius 2 is 2.21 bits per heavy atom. The summed E-state index contributed by atoms with van der Waals surface area (Å²) in [4.78, 5) is 9.01. The molecule has 0 spiro atoms. The fourth-order valence-electron chi connectivity index (χ4n) is 2.57. The Balaban J connectivity index is 1.60. The number of nitrogens with one attached hydrogen (secondary N) is 3. The third-order valence-electron chi connectivity index (χ3n) is 3.73. The van der Waals surface area contributed by atoms with Crippen LogP contribution in [0, 0.1) is 5.82 Å². The number of nitrogens with zero attached hydrogens (tertiary/aromatic N) is 1. The van der Waals surface area contributed by atoms with Crippen LogP contribution in [0.5, 0.6) is 0 Å². The third-order valence-corrected chi connectivity index (χ3v) is 4.59. The van der Waals surface area contributed by atoms with Crippen LogP contribution in [0.15, 0.2) is 46.9 Å². The summed E-state index contributed by atoms with van der Waals surface area (Å²) in [6, 6.07) is 8.94. The largest absolute Gasteiger partial charge is 0.361 e. The van der Waals surface area contributed by atoms with E-state index in [-0.39, 0.29) is 5.82 Å². The highest BCUT2D eigenvalue weighted by Gasteiger charge is 2.05. The van der Waals surface area contributed by atoms with Crippen LogP contribution in [-0.2, 0) is 13.0 Å². The van der Waals surface area contributed by atoms with Gasteiger partial charge in [-0.1, -0.05) is 6.07 Å². The second-order valence-electron chi connectivity index (χ2n) is 5.46. The van der Waals surface area contributed by atoms with Gasteiger partial charge in [0.1, 0.15) is 5.82 Å². The van der Waals surface area contributed by atoms with Gasteiger partial charge in [0, 0.05) is 35.1 Å². The zero-order valence-electron chi connectivity index (χ0n) is 13.6. The molecule has 0 saturated heterocycles. The molecule has 0 aliphatic carbocycles. The first-order valence-corrected chi connectivity index (χ1v) is 8.94. The number of guanidine groups is 1. The molecule has 0 radical (unpaired) electrons. The maximum absolute atomic E-state index is 13.4. The molecule has 0 aliphatic heterocycles. The zero-order chi connectivity index (χ0) is 16.8. The van der Waals surface area contributed by atoms with Crippen LogP contribution < -0.4 is 10.6 Å². The molecule has 0 bridgehead atoms. The Morgan fingerprint density at radius 1 is 1.29 bits per heavy atom. The summed E-state index contributed by atoms with van der Waals surface area (Å²) in [7, 11) is 0. The van der Waals surface area contributed by atoms with Crippen molar-refractivity contribution in [2.75, 3.05) is 13.1 Å².